The van der Waals surface area contributed by atoms with Crippen LogP contribution >= 0.6 is 0 Å². The number of hydrogen-bond acceptors (Lipinski definition) is 3. The largest absolute Gasteiger partial charge is 0.268 e. The molecule has 2 aromatic carbocycles. The van der Waals surface area contributed by atoms with Gasteiger partial charge in [0.1, 0.15) is 0 Å². The quantitative estimate of drug-likeness (QED) is 0.406. The summed E-state index contributed by atoms with van der Waals surface area (Å²) in [5.74, 6) is 0. The lowest BCUT2D eigenvalue weighted by atomic mass is 10.1. The van der Waals surface area contributed by atoms with Crippen molar-refractivity contribution in [2.75, 3.05) is 6.54 Å². The fraction of sp³-hybridized carbons (Fsp3) is 0.125. The van der Waals surface area contributed by atoms with Gasteiger partial charge in [-0.25, -0.2) is 12.4 Å². The molecule has 0 radical (unpaired) electrons. The van der Waals surface area contributed by atoms with Gasteiger partial charge in [-0.15, -0.1) is 0 Å². The van der Waals surface area contributed by atoms with Gasteiger partial charge in [0.05, 0.1) is 10.4 Å². The summed E-state index contributed by atoms with van der Waals surface area (Å²) in [6, 6.07) is 15.7. The molecule has 0 aliphatic rings. The zero-order valence-electron chi connectivity index (χ0n) is 12.2. The van der Waals surface area contributed by atoms with Crippen molar-refractivity contribution < 1.29 is 8.42 Å². The molecule has 3 aromatic rings. The molecule has 3 rings (SSSR count). The molecule has 23 heavy (non-hydrogen) atoms. The van der Waals surface area contributed by atoms with Crippen LogP contribution in [0.25, 0.3) is 21.3 Å². The summed E-state index contributed by atoms with van der Waals surface area (Å²) in [5.41, 5.74) is 9.93. The van der Waals surface area contributed by atoms with E-state index in [2.05, 4.69) is 10.0 Å². The van der Waals surface area contributed by atoms with Crippen molar-refractivity contribution in [2.45, 2.75) is 11.3 Å². The van der Waals surface area contributed by atoms with E-state index in [9.17, 15) is 8.42 Å². The van der Waals surface area contributed by atoms with E-state index in [1.54, 1.807) is 48.7 Å². The van der Waals surface area contributed by atoms with Gasteiger partial charge in [-0.2, -0.15) is 0 Å². The van der Waals surface area contributed by atoms with E-state index in [-0.39, 0.29) is 4.90 Å². The van der Waals surface area contributed by atoms with Crippen molar-refractivity contribution in [1.82, 2.24) is 3.97 Å². The van der Waals surface area contributed by atoms with Gasteiger partial charge in [0, 0.05) is 23.0 Å². The Labute approximate surface area is 133 Å². The Hall–Kier alpha value is -2.76. The van der Waals surface area contributed by atoms with Crippen LogP contribution in [-0.4, -0.2) is 18.9 Å². The predicted molar refractivity (Wildman–Crippen MR) is 88.7 cm³/mol. The summed E-state index contributed by atoms with van der Waals surface area (Å²) in [4.78, 5) is 2.98. The van der Waals surface area contributed by atoms with Crippen molar-refractivity contribution >= 4 is 20.9 Å². The summed E-state index contributed by atoms with van der Waals surface area (Å²) in [6.45, 7) is 0.380. The summed E-state index contributed by atoms with van der Waals surface area (Å²) in [6.07, 6.45) is 2.18. The fourth-order valence-corrected chi connectivity index (χ4v) is 3.84. The molecule has 1 aromatic heterocycles. The Morgan fingerprint density at radius 2 is 1.87 bits per heavy atom. The minimum absolute atomic E-state index is 0.255. The molecule has 0 bridgehead atoms. The molecule has 7 heteroatoms. The van der Waals surface area contributed by atoms with Crippen LogP contribution in [0, 0.1) is 0 Å². The van der Waals surface area contributed by atoms with Gasteiger partial charge in [-0.1, -0.05) is 29.4 Å². The first kappa shape index (κ1) is 15.1. The SMILES string of the molecule is [N-]=[N+]=NCCc1ccc2c(ccn2S(=O)(=O)c2ccccc2)c1. The van der Waals surface area contributed by atoms with E-state index in [1.807, 2.05) is 12.1 Å². The van der Waals surface area contributed by atoms with Crippen LogP contribution < -0.4 is 0 Å². The summed E-state index contributed by atoms with van der Waals surface area (Å²) in [7, 11) is -3.61. The predicted octanol–water partition coefficient (Wildman–Crippen LogP) is 3.73. The summed E-state index contributed by atoms with van der Waals surface area (Å²) in [5, 5.41) is 4.35. The van der Waals surface area contributed by atoms with E-state index >= 15 is 0 Å². The minimum atomic E-state index is -3.61. The molecule has 0 atom stereocenters. The minimum Gasteiger partial charge on any atom is -0.241 e. The summed E-state index contributed by atoms with van der Waals surface area (Å²) < 4.78 is 26.7. The molecule has 116 valence electrons. The maximum absolute atomic E-state index is 12.7. The van der Waals surface area contributed by atoms with Gasteiger partial charge in [0.2, 0.25) is 0 Å². The van der Waals surface area contributed by atoms with Gasteiger partial charge in [0.15, 0.2) is 0 Å². The molecular formula is C16H14N4O2S. The smallest absolute Gasteiger partial charge is 0.241 e. The van der Waals surface area contributed by atoms with Gasteiger partial charge < -0.3 is 0 Å². The molecule has 1 heterocycles. The van der Waals surface area contributed by atoms with Crippen LogP contribution in [0.15, 0.2) is 70.8 Å². The normalized spacial score (nSPS) is 11.3. The van der Waals surface area contributed by atoms with E-state index in [0.29, 0.717) is 18.5 Å². The number of nitrogens with zero attached hydrogens (tertiary/aromatic N) is 4. The van der Waals surface area contributed by atoms with Crippen LogP contribution in [0.2, 0.25) is 0 Å². The van der Waals surface area contributed by atoms with Gasteiger partial charge in [-0.3, -0.25) is 0 Å². The highest BCUT2D eigenvalue weighted by Crippen LogP contribution is 2.23. The Bertz CT molecular complexity index is 987. The highest BCUT2D eigenvalue weighted by Gasteiger charge is 2.18. The second-order valence-electron chi connectivity index (χ2n) is 5.03. The van der Waals surface area contributed by atoms with Crippen molar-refractivity contribution in [2.24, 2.45) is 5.11 Å². The lowest BCUT2D eigenvalue weighted by Crippen LogP contribution is -2.11. The lowest BCUT2D eigenvalue weighted by molar-refractivity contribution is 0.589. The standard InChI is InChI=1S/C16H14N4O2S/c17-19-18-10-8-13-6-7-16-14(12-13)9-11-20(16)23(21,22)15-4-2-1-3-5-15/h1-7,9,11-12H,8,10H2. The van der Waals surface area contributed by atoms with E-state index in [0.717, 1.165) is 10.9 Å². The second kappa shape index (κ2) is 6.16. The zero-order valence-corrected chi connectivity index (χ0v) is 13.0. The third-order valence-electron chi connectivity index (χ3n) is 3.58. The molecule has 0 saturated carbocycles. The van der Waals surface area contributed by atoms with E-state index in [1.165, 1.54) is 3.97 Å². The Balaban J connectivity index is 2.02. The number of aromatic nitrogens is 1. The van der Waals surface area contributed by atoms with Crippen LogP contribution in [0.3, 0.4) is 0 Å². The lowest BCUT2D eigenvalue weighted by Gasteiger charge is -2.08. The molecule has 0 aliphatic heterocycles. The Morgan fingerprint density at radius 1 is 1.09 bits per heavy atom. The fourth-order valence-electron chi connectivity index (χ4n) is 2.46. The highest BCUT2D eigenvalue weighted by molar-refractivity contribution is 7.90. The van der Waals surface area contributed by atoms with Crippen molar-refractivity contribution in [3.05, 3.63) is 76.8 Å². The first-order valence-electron chi connectivity index (χ1n) is 7.04. The molecular weight excluding hydrogens is 312 g/mol. The second-order valence-corrected chi connectivity index (χ2v) is 6.84. The van der Waals surface area contributed by atoms with Crippen molar-refractivity contribution in [3.8, 4) is 0 Å². The number of azide groups is 1. The number of fused-ring (bicyclic) bond motifs is 1. The van der Waals surface area contributed by atoms with Crippen LogP contribution in [0.4, 0.5) is 0 Å². The molecule has 0 aliphatic carbocycles. The van der Waals surface area contributed by atoms with E-state index < -0.39 is 10.0 Å². The van der Waals surface area contributed by atoms with E-state index in [4.69, 9.17) is 5.53 Å². The van der Waals surface area contributed by atoms with Gasteiger partial charge in [0.25, 0.3) is 10.0 Å². The third kappa shape index (κ3) is 2.92. The van der Waals surface area contributed by atoms with Crippen molar-refractivity contribution in [3.63, 3.8) is 0 Å². The van der Waals surface area contributed by atoms with Gasteiger partial charge >= 0.3 is 0 Å². The number of benzene rings is 2. The monoisotopic (exact) mass is 326 g/mol. The highest BCUT2D eigenvalue weighted by atomic mass is 32.2. The molecule has 0 N–H and O–H groups in total. The number of rotatable bonds is 5. The third-order valence-corrected chi connectivity index (χ3v) is 5.29. The van der Waals surface area contributed by atoms with Crippen LogP contribution in [0.5, 0.6) is 0 Å². The molecule has 6 nitrogen and oxygen atoms in total. The Kier molecular flexibility index (Phi) is 4.06. The first-order chi connectivity index (χ1) is 11.1. The van der Waals surface area contributed by atoms with Gasteiger partial charge in [-0.05, 0) is 47.8 Å². The van der Waals surface area contributed by atoms with Crippen LogP contribution in [-0.2, 0) is 16.4 Å². The number of hydrogen-bond donors (Lipinski definition) is 0. The molecule has 0 unspecified atom stereocenters. The molecule has 0 saturated heterocycles. The maximum atomic E-state index is 12.7. The van der Waals surface area contributed by atoms with Crippen LogP contribution in [0.1, 0.15) is 5.56 Å². The van der Waals surface area contributed by atoms with Crippen molar-refractivity contribution in [1.29, 1.82) is 0 Å². The topological polar surface area (TPSA) is 87.8 Å². The average Bonchev–Trinajstić information content (AvgIpc) is 3.00. The Morgan fingerprint density at radius 3 is 2.61 bits per heavy atom. The zero-order chi connectivity index (χ0) is 16.3. The first-order valence-corrected chi connectivity index (χ1v) is 8.48. The maximum Gasteiger partial charge on any atom is 0.268 e. The molecule has 0 amide bonds. The summed E-state index contributed by atoms with van der Waals surface area (Å²) >= 11 is 0. The molecule has 0 spiro atoms. The molecule has 0 fully saturated rings. The average molecular weight is 326 g/mol.